The molecule has 0 aliphatic rings. The summed E-state index contributed by atoms with van der Waals surface area (Å²) in [4.78, 5) is 23.9. The molecule has 0 aliphatic heterocycles. The van der Waals surface area contributed by atoms with Crippen LogP contribution < -0.4 is 5.32 Å². The third-order valence-corrected chi connectivity index (χ3v) is 4.41. The molecule has 0 spiro atoms. The van der Waals surface area contributed by atoms with Gasteiger partial charge in [0.05, 0.1) is 12.3 Å². The van der Waals surface area contributed by atoms with Crippen LogP contribution in [-0.2, 0) is 14.3 Å². The molecule has 152 valence electrons. The van der Waals surface area contributed by atoms with E-state index in [-0.39, 0.29) is 12.6 Å². The number of rotatable bonds is 7. The molecule has 0 bridgehead atoms. The Labute approximate surface area is 168 Å². The normalized spacial score (nSPS) is 12.3. The van der Waals surface area contributed by atoms with Gasteiger partial charge in [-0.25, -0.2) is 4.79 Å². The van der Waals surface area contributed by atoms with E-state index in [1.807, 2.05) is 37.5 Å². The Morgan fingerprint density at radius 2 is 2.10 bits per heavy atom. The maximum absolute atomic E-state index is 12.0. The van der Waals surface area contributed by atoms with Crippen LogP contribution in [-0.4, -0.2) is 28.2 Å². The first-order valence-electron chi connectivity index (χ1n) is 9.15. The van der Waals surface area contributed by atoms with Crippen LogP contribution >= 0.6 is 0 Å². The first-order chi connectivity index (χ1) is 13.8. The van der Waals surface area contributed by atoms with Crippen molar-refractivity contribution in [2.24, 2.45) is 0 Å². The van der Waals surface area contributed by atoms with Gasteiger partial charge in [0.15, 0.2) is 12.4 Å². The van der Waals surface area contributed by atoms with Crippen molar-refractivity contribution in [3.8, 4) is 5.82 Å². The predicted molar refractivity (Wildman–Crippen MR) is 105 cm³/mol. The SMILES string of the molecule is Cc1cc(-n2c(C)cc(/C=C/C(=O)OCC(=O)N[C@H](C)c3ccco3)c2C)no1. The first kappa shape index (κ1) is 20.2. The van der Waals surface area contributed by atoms with Gasteiger partial charge >= 0.3 is 5.97 Å². The average molecular weight is 397 g/mol. The second-order valence-corrected chi connectivity index (χ2v) is 6.70. The number of ether oxygens (including phenoxy) is 1. The Balaban J connectivity index is 1.56. The van der Waals surface area contributed by atoms with E-state index in [0.29, 0.717) is 17.3 Å². The Hall–Kier alpha value is -3.55. The minimum absolute atomic E-state index is 0.308. The highest BCUT2D eigenvalue weighted by Crippen LogP contribution is 2.21. The Morgan fingerprint density at radius 1 is 1.31 bits per heavy atom. The standard InChI is InChI=1S/C21H23N3O5/c1-13-10-17(16(4)24(13)19-11-14(2)29-23-19)7-8-21(26)28-12-20(25)22-15(3)18-6-5-9-27-18/h5-11,15H,12H2,1-4H3,(H,22,25)/b8-7+/t15-/m1/s1. The van der Waals surface area contributed by atoms with Gasteiger partial charge in [-0.3, -0.25) is 9.36 Å². The fraction of sp³-hybridized carbons (Fsp3) is 0.286. The van der Waals surface area contributed by atoms with Gasteiger partial charge < -0.3 is 19.0 Å². The summed E-state index contributed by atoms with van der Waals surface area (Å²) in [5.74, 6) is 1.01. The first-order valence-corrected chi connectivity index (χ1v) is 9.15. The summed E-state index contributed by atoms with van der Waals surface area (Å²) in [7, 11) is 0. The molecule has 3 aromatic heterocycles. The molecule has 0 fully saturated rings. The number of hydrogen-bond donors (Lipinski definition) is 1. The molecule has 3 aromatic rings. The zero-order valence-electron chi connectivity index (χ0n) is 16.8. The van der Waals surface area contributed by atoms with Gasteiger partial charge in [-0.15, -0.1) is 0 Å². The molecule has 29 heavy (non-hydrogen) atoms. The van der Waals surface area contributed by atoms with E-state index in [4.69, 9.17) is 13.7 Å². The largest absolute Gasteiger partial charge is 0.467 e. The minimum Gasteiger partial charge on any atom is -0.467 e. The van der Waals surface area contributed by atoms with Crippen LogP contribution in [0.15, 0.2) is 45.5 Å². The molecule has 0 unspecified atom stereocenters. The molecule has 3 rings (SSSR count). The van der Waals surface area contributed by atoms with Crippen molar-refractivity contribution in [2.45, 2.75) is 33.7 Å². The number of hydrogen-bond acceptors (Lipinski definition) is 6. The maximum atomic E-state index is 12.0. The second kappa shape index (κ2) is 8.64. The van der Waals surface area contributed by atoms with Gasteiger partial charge in [-0.1, -0.05) is 5.16 Å². The minimum atomic E-state index is -0.604. The van der Waals surface area contributed by atoms with Crippen molar-refractivity contribution < 1.29 is 23.3 Å². The van der Waals surface area contributed by atoms with E-state index in [0.717, 1.165) is 17.0 Å². The number of aryl methyl sites for hydroxylation is 2. The Morgan fingerprint density at radius 3 is 2.76 bits per heavy atom. The van der Waals surface area contributed by atoms with E-state index in [1.165, 1.54) is 12.3 Å². The average Bonchev–Trinajstić information content (AvgIpc) is 3.40. The van der Waals surface area contributed by atoms with Crippen molar-refractivity contribution in [2.75, 3.05) is 6.61 Å². The van der Waals surface area contributed by atoms with Gasteiger partial charge in [-0.05, 0) is 57.5 Å². The summed E-state index contributed by atoms with van der Waals surface area (Å²) in [5.41, 5.74) is 2.70. The van der Waals surface area contributed by atoms with Crippen LogP contribution in [0.5, 0.6) is 0 Å². The van der Waals surface area contributed by atoms with Gasteiger partial charge in [0.1, 0.15) is 11.5 Å². The van der Waals surface area contributed by atoms with Crippen LogP contribution in [0.2, 0.25) is 0 Å². The highest BCUT2D eigenvalue weighted by Gasteiger charge is 2.14. The topological polar surface area (TPSA) is 99.5 Å². The zero-order chi connectivity index (χ0) is 21.0. The third-order valence-electron chi connectivity index (χ3n) is 4.41. The van der Waals surface area contributed by atoms with Crippen molar-refractivity contribution in [1.29, 1.82) is 0 Å². The number of aromatic nitrogens is 2. The van der Waals surface area contributed by atoms with E-state index < -0.39 is 11.9 Å². The number of carbonyl (C=O) groups excluding carboxylic acids is 2. The third kappa shape index (κ3) is 4.84. The number of esters is 1. The fourth-order valence-corrected chi connectivity index (χ4v) is 3.00. The number of carbonyl (C=O) groups is 2. The van der Waals surface area contributed by atoms with Crippen molar-refractivity contribution in [1.82, 2.24) is 15.0 Å². The van der Waals surface area contributed by atoms with Crippen LogP contribution in [0.3, 0.4) is 0 Å². The van der Waals surface area contributed by atoms with Crippen LogP contribution in [0.4, 0.5) is 0 Å². The monoisotopic (exact) mass is 397 g/mol. The summed E-state index contributed by atoms with van der Waals surface area (Å²) < 4.78 is 17.3. The molecular formula is C21H23N3O5. The molecule has 0 saturated heterocycles. The van der Waals surface area contributed by atoms with Crippen LogP contribution in [0, 0.1) is 20.8 Å². The van der Waals surface area contributed by atoms with Crippen molar-refractivity contribution >= 4 is 18.0 Å². The fourth-order valence-electron chi connectivity index (χ4n) is 3.00. The zero-order valence-corrected chi connectivity index (χ0v) is 16.8. The quantitative estimate of drug-likeness (QED) is 0.484. The van der Waals surface area contributed by atoms with Gasteiger partial charge in [-0.2, -0.15) is 0 Å². The van der Waals surface area contributed by atoms with Gasteiger partial charge in [0.25, 0.3) is 5.91 Å². The van der Waals surface area contributed by atoms with Crippen molar-refractivity contribution in [3.63, 3.8) is 0 Å². The molecular weight excluding hydrogens is 374 g/mol. The molecule has 1 atom stereocenters. The number of nitrogens with one attached hydrogen (secondary N) is 1. The summed E-state index contributed by atoms with van der Waals surface area (Å²) in [6, 6.07) is 6.96. The molecule has 0 aliphatic carbocycles. The lowest BCUT2D eigenvalue weighted by Crippen LogP contribution is -2.30. The Kier molecular flexibility index (Phi) is 6.01. The molecule has 0 radical (unpaired) electrons. The van der Waals surface area contributed by atoms with Gasteiger partial charge in [0.2, 0.25) is 0 Å². The number of furan rings is 1. The number of nitrogens with zero attached hydrogens (tertiary/aromatic N) is 2. The molecule has 8 nitrogen and oxygen atoms in total. The van der Waals surface area contributed by atoms with Crippen LogP contribution in [0.1, 0.15) is 41.4 Å². The van der Waals surface area contributed by atoms with E-state index in [9.17, 15) is 9.59 Å². The molecule has 0 saturated carbocycles. The lowest BCUT2D eigenvalue weighted by molar-refractivity contribution is -0.144. The highest BCUT2D eigenvalue weighted by atomic mass is 16.5. The Bertz CT molecular complexity index is 1030. The molecule has 3 heterocycles. The summed E-state index contributed by atoms with van der Waals surface area (Å²) in [6.07, 6.45) is 4.48. The molecule has 1 amide bonds. The number of amides is 1. The van der Waals surface area contributed by atoms with E-state index in [2.05, 4.69) is 10.5 Å². The van der Waals surface area contributed by atoms with Crippen molar-refractivity contribution in [3.05, 3.63) is 65.1 Å². The summed E-state index contributed by atoms with van der Waals surface area (Å²) >= 11 is 0. The summed E-state index contributed by atoms with van der Waals surface area (Å²) in [5, 5.41) is 6.73. The molecule has 8 heteroatoms. The maximum Gasteiger partial charge on any atom is 0.331 e. The molecule has 1 N–H and O–H groups in total. The lowest BCUT2D eigenvalue weighted by Gasteiger charge is -2.11. The van der Waals surface area contributed by atoms with E-state index >= 15 is 0 Å². The van der Waals surface area contributed by atoms with Crippen LogP contribution in [0.25, 0.3) is 11.9 Å². The van der Waals surface area contributed by atoms with Gasteiger partial charge in [0, 0.05) is 23.5 Å². The lowest BCUT2D eigenvalue weighted by atomic mass is 10.2. The highest BCUT2D eigenvalue weighted by molar-refractivity contribution is 5.89. The van der Waals surface area contributed by atoms with E-state index in [1.54, 1.807) is 25.1 Å². The molecule has 0 aromatic carbocycles. The second-order valence-electron chi connectivity index (χ2n) is 6.70. The smallest absolute Gasteiger partial charge is 0.331 e. The summed E-state index contributed by atoms with van der Waals surface area (Å²) in [6.45, 7) is 7.10. The predicted octanol–water partition coefficient (Wildman–Crippen LogP) is 3.42.